The SMILES string of the molecule is C[C@@H](C(=O)OCC(=O)Nc1ccc(C(N)=O)cc1)N1C(=O)c2ccccc2C1=O. The fraction of sp³-hybridized carbons (Fsp3) is 0.150. The van der Waals surface area contributed by atoms with E-state index in [0.717, 1.165) is 4.90 Å². The summed E-state index contributed by atoms with van der Waals surface area (Å²) in [4.78, 5) is 60.8. The van der Waals surface area contributed by atoms with E-state index in [1.807, 2.05) is 0 Å². The van der Waals surface area contributed by atoms with E-state index < -0.39 is 42.2 Å². The van der Waals surface area contributed by atoms with Crippen LogP contribution in [0.3, 0.4) is 0 Å². The highest BCUT2D eigenvalue weighted by atomic mass is 16.5. The standard InChI is InChI=1S/C20H17N3O6/c1-11(23-18(26)14-4-2-3-5-15(14)19(23)27)20(28)29-10-16(24)22-13-8-6-12(7-9-13)17(21)25/h2-9,11H,10H2,1H3,(H2,21,25)(H,22,24)/t11-/m0/s1. The summed E-state index contributed by atoms with van der Waals surface area (Å²) in [5.74, 6) is -3.29. The van der Waals surface area contributed by atoms with Crippen LogP contribution in [0.4, 0.5) is 5.69 Å². The third-order valence-corrected chi connectivity index (χ3v) is 4.35. The van der Waals surface area contributed by atoms with Crippen LogP contribution >= 0.6 is 0 Å². The molecule has 0 bridgehead atoms. The van der Waals surface area contributed by atoms with E-state index in [4.69, 9.17) is 10.5 Å². The van der Waals surface area contributed by atoms with Crippen molar-refractivity contribution in [2.75, 3.05) is 11.9 Å². The van der Waals surface area contributed by atoms with Gasteiger partial charge in [0.2, 0.25) is 5.91 Å². The van der Waals surface area contributed by atoms with Gasteiger partial charge >= 0.3 is 5.97 Å². The summed E-state index contributed by atoms with van der Waals surface area (Å²) in [6.07, 6.45) is 0. The molecule has 0 aromatic heterocycles. The summed E-state index contributed by atoms with van der Waals surface area (Å²) >= 11 is 0. The number of benzene rings is 2. The minimum Gasteiger partial charge on any atom is -0.454 e. The molecule has 2 aromatic carbocycles. The third-order valence-electron chi connectivity index (χ3n) is 4.35. The third kappa shape index (κ3) is 3.98. The molecule has 1 aliphatic heterocycles. The van der Waals surface area contributed by atoms with Gasteiger partial charge in [-0.3, -0.25) is 24.1 Å². The van der Waals surface area contributed by atoms with Crippen LogP contribution in [-0.4, -0.2) is 47.1 Å². The number of imide groups is 1. The Morgan fingerprint density at radius 3 is 2.07 bits per heavy atom. The molecule has 0 fully saturated rings. The second kappa shape index (κ2) is 7.93. The van der Waals surface area contributed by atoms with E-state index in [-0.39, 0.29) is 16.7 Å². The average molecular weight is 395 g/mol. The van der Waals surface area contributed by atoms with Crippen LogP contribution in [0.1, 0.15) is 38.0 Å². The first-order valence-corrected chi connectivity index (χ1v) is 8.63. The fourth-order valence-electron chi connectivity index (χ4n) is 2.84. The molecule has 9 nitrogen and oxygen atoms in total. The Morgan fingerprint density at radius 1 is 1.00 bits per heavy atom. The molecule has 9 heteroatoms. The fourth-order valence-corrected chi connectivity index (χ4v) is 2.84. The van der Waals surface area contributed by atoms with Crippen molar-refractivity contribution < 1.29 is 28.7 Å². The Kier molecular flexibility index (Phi) is 5.40. The van der Waals surface area contributed by atoms with Crippen LogP contribution in [0.25, 0.3) is 0 Å². The van der Waals surface area contributed by atoms with Crippen molar-refractivity contribution in [1.82, 2.24) is 4.90 Å². The van der Waals surface area contributed by atoms with Gasteiger partial charge in [0.25, 0.3) is 17.7 Å². The van der Waals surface area contributed by atoms with Crippen molar-refractivity contribution in [2.24, 2.45) is 5.73 Å². The summed E-state index contributed by atoms with van der Waals surface area (Å²) in [5, 5.41) is 2.49. The molecule has 4 amide bonds. The molecule has 0 spiro atoms. The predicted octanol–water partition coefficient (Wildman–Crippen LogP) is 0.952. The number of amides is 4. The normalized spacial score (nSPS) is 13.6. The van der Waals surface area contributed by atoms with Crippen LogP contribution in [0.15, 0.2) is 48.5 Å². The number of rotatable bonds is 6. The molecule has 0 unspecified atom stereocenters. The molecule has 29 heavy (non-hydrogen) atoms. The number of anilines is 1. The summed E-state index contributed by atoms with van der Waals surface area (Å²) in [7, 11) is 0. The molecule has 1 atom stereocenters. The van der Waals surface area contributed by atoms with Gasteiger partial charge in [0, 0.05) is 11.3 Å². The van der Waals surface area contributed by atoms with Gasteiger partial charge in [0.15, 0.2) is 6.61 Å². The first kappa shape index (κ1) is 19.7. The van der Waals surface area contributed by atoms with Crippen molar-refractivity contribution in [3.05, 3.63) is 65.2 Å². The van der Waals surface area contributed by atoms with Crippen LogP contribution in [0.2, 0.25) is 0 Å². The van der Waals surface area contributed by atoms with Crippen LogP contribution < -0.4 is 11.1 Å². The first-order chi connectivity index (χ1) is 13.8. The van der Waals surface area contributed by atoms with E-state index in [2.05, 4.69) is 5.32 Å². The minimum atomic E-state index is -1.19. The molecule has 1 aliphatic rings. The maximum atomic E-state index is 12.4. The smallest absolute Gasteiger partial charge is 0.329 e. The number of fused-ring (bicyclic) bond motifs is 1. The zero-order valence-electron chi connectivity index (χ0n) is 15.4. The zero-order chi connectivity index (χ0) is 21.1. The van der Waals surface area contributed by atoms with Gasteiger partial charge in [0.05, 0.1) is 11.1 Å². The van der Waals surface area contributed by atoms with E-state index in [9.17, 15) is 24.0 Å². The zero-order valence-corrected chi connectivity index (χ0v) is 15.4. The highest BCUT2D eigenvalue weighted by Crippen LogP contribution is 2.24. The average Bonchev–Trinajstić information content (AvgIpc) is 2.96. The molecule has 3 rings (SSSR count). The molecule has 1 heterocycles. The molecule has 0 saturated heterocycles. The van der Waals surface area contributed by atoms with Crippen molar-refractivity contribution in [3.63, 3.8) is 0 Å². The van der Waals surface area contributed by atoms with E-state index in [1.165, 1.54) is 43.3 Å². The number of carbonyl (C=O) groups is 5. The van der Waals surface area contributed by atoms with Gasteiger partial charge < -0.3 is 15.8 Å². The number of hydrogen-bond acceptors (Lipinski definition) is 6. The molecule has 0 saturated carbocycles. The summed E-state index contributed by atoms with van der Waals surface area (Å²) < 4.78 is 4.94. The maximum absolute atomic E-state index is 12.4. The van der Waals surface area contributed by atoms with Gasteiger partial charge in [-0.05, 0) is 43.3 Å². The Morgan fingerprint density at radius 2 is 1.55 bits per heavy atom. The summed E-state index contributed by atoms with van der Waals surface area (Å²) in [6.45, 7) is 0.744. The highest BCUT2D eigenvalue weighted by Gasteiger charge is 2.41. The Balaban J connectivity index is 1.56. The second-order valence-corrected chi connectivity index (χ2v) is 6.30. The number of esters is 1. The lowest BCUT2D eigenvalue weighted by atomic mass is 10.1. The maximum Gasteiger partial charge on any atom is 0.329 e. The van der Waals surface area contributed by atoms with Crippen molar-refractivity contribution in [2.45, 2.75) is 13.0 Å². The topological polar surface area (TPSA) is 136 Å². The molecule has 0 radical (unpaired) electrons. The molecular formula is C20H17N3O6. The first-order valence-electron chi connectivity index (χ1n) is 8.63. The number of primary amides is 1. The molecule has 0 aliphatic carbocycles. The van der Waals surface area contributed by atoms with E-state index in [0.29, 0.717) is 5.69 Å². The number of nitrogens with zero attached hydrogens (tertiary/aromatic N) is 1. The quantitative estimate of drug-likeness (QED) is 0.552. The Hall–Kier alpha value is -4.01. The molecular weight excluding hydrogens is 378 g/mol. The summed E-state index contributed by atoms with van der Waals surface area (Å²) in [6, 6.07) is 10.9. The molecule has 148 valence electrons. The number of carbonyl (C=O) groups excluding carboxylic acids is 5. The van der Waals surface area contributed by atoms with Crippen molar-refractivity contribution >= 4 is 35.3 Å². The summed E-state index contributed by atoms with van der Waals surface area (Å²) in [5.41, 5.74) is 6.23. The number of ether oxygens (including phenoxy) is 1. The lowest BCUT2D eigenvalue weighted by Gasteiger charge is -2.20. The van der Waals surface area contributed by atoms with Gasteiger partial charge in [-0.1, -0.05) is 12.1 Å². The highest BCUT2D eigenvalue weighted by molar-refractivity contribution is 6.22. The number of nitrogens with one attached hydrogen (secondary N) is 1. The Bertz CT molecular complexity index is 980. The predicted molar refractivity (Wildman–Crippen MR) is 101 cm³/mol. The van der Waals surface area contributed by atoms with Gasteiger partial charge in [-0.15, -0.1) is 0 Å². The monoisotopic (exact) mass is 395 g/mol. The van der Waals surface area contributed by atoms with Gasteiger partial charge in [-0.25, -0.2) is 4.79 Å². The second-order valence-electron chi connectivity index (χ2n) is 6.30. The lowest BCUT2D eigenvalue weighted by Crippen LogP contribution is -2.44. The van der Waals surface area contributed by atoms with E-state index in [1.54, 1.807) is 12.1 Å². The lowest BCUT2D eigenvalue weighted by molar-refractivity contribution is -0.150. The van der Waals surface area contributed by atoms with Crippen LogP contribution in [0, 0.1) is 0 Å². The molecule has 2 aromatic rings. The minimum absolute atomic E-state index is 0.217. The van der Waals surface area contributed by atoms with E-state index >= 15 is 0 Å². The van der Waals surface area contributed by atoms with Crippen molar-refractivity contribution in [1.29, 1.82) is 0 Å². The van der Waals surface area contributed by atoms with Crippen LogP contribution in [-0.2, 0) is 14.3 Å². The van der Waals surface area contributed by atoms with Gasteiger partial charge in [-0.2, -0.15) is 0 Å². The number of nitrogens with two attached hydrogens (primary N) is 1. The molecule has 3 N–H and O–H groups in total. The Labute approximate surface area is 165 Å². The van der Waals surface area contributed by atoms with Gasteiger partial charge in [0.1, 0.15) is 6.04 Å². The van der Waals surface area contributed by atoms with Crippen molar-refractivity contribution in [3.8, 4) is 0 Å². The van der Waals surface area contributed by atoms with Crippen LogP contribution in [0.5, 0.6) is 0 Å². The largest absolute Gasteiger partial charge is 0.454 e. The number of hydrogen-bond donors (Lipinski definition) is 2.